The lowest BCUT2D eigenvalue weighted by atomic mass is 10.2. The first-order valence-corrected chi connectivity index (χ1v) is 6.46. The summed E-state index contributed by atoms with van der Waals surface area (Å²) < 4.78 is 5.79. The van der Waals surface area contributed by atoms with Crippen molar-refractivity contribution in [2.45, 2.75) is 25.5 Å². The third kappa shape index (κ3) is 4.11. The summed E-state index contributed by atoms with van der Waals surface area (Å²) >= 11 is 0. The van der Waals surface area contributed by atoms with Crippen LogP contribution in [0.5, 0.6) is 0 Å². The maximum absolute atomic E-state index is 5.79. The molecule has 2 rings (SSSR count). The summed E-state index contributed by atoms with van der Waals surface area (Å²) in [6.45, 7) is 4.76. The zero-order valence-corrected chi connectivity index (χ0v) is 10.3. The van der Waals surface area contributed by atoms with Gasteiger partial charge in [0.25, 0.3) is 0 Å². The molecule has 0 amide bonds. The Bertz CT molecular complexity index is 315. The van der Waals surface area contributed by atoms with E-state index in [9.17, 15) is 0 Å². The summed E-state index contributed by atoms with van der Waals surface area (Å²) in [6.07, 6.45) is 2.53. The quantitative estimate of drug-likeness (QED) is 0.760. The van der Waals surface area contributed by atoms with E-state index in [1.807, 2.05) is 0 Å². The molecule has 1 aromatic carbocycles. The number of nitrogens with zero attached hydrogens (tertiary/aromatic N) is 1. The Kier molecular flexibility index (Phi) is 4.98. The molecule has 1 aliphatic rings. The second-order valence-electron chi connectivity index (χ2n) is 4.64. The van der Waals surface area contributed by atoms with Crippen molar-refractivity contribution in [3.8, 4) is 0 Å². The molecular formula is C14H22N2O. The van der Waals surface area contributed by atoms with E-state index >= 15 is 0 Å². The molecule has 0 aliphatic carbocycles. The molecule has 1 aromatic rings. The van der Waals surface area contributed by atoms with E-state index in [0.29, 0.717) is 6.10 Å². The van der Waals surface area contributed by atoms with Crippen molar-refractivity contribution in [1.29, 1.82) is 0 Å². The number of hydrogen-bond donors (Lipinski definition) is 1. The van der Waals surface area contributed by atoms with E-state index < -0.39 is 0 Å². The third-order valence-electron chi connectivity index (χ3n) is 3.18. The van der Waals surface area contributed by atoms with E-state index in [-0.39, 0.29) is 0 Å². The summed E-state index contributed by atoms with van der Waals surface area (Å²) in [4.78, 5) is 2.46. The normalized spacial score (nSPS) is 20.9. The summed E-state index contributed by atoms with van der Waals surface area (Å²) in [5, 5.41) is 0. The number of hydrogen-bond acceptors (Lipinski definition) is 3. The first-order valence-electron chi connectivity index (χ1n) is 6.46. The third-order valence-corrected chi connectivity index (χ3v) is 3.18. The fourth-order valence-corrected chi connectivity index (χ4v) is 2.25. The Morgan fingerprint density at radius 2 is 2.12 bits per heavy atom. The number of ether oxygens (including phenoxy) is 1. The van der Waals surface area contributed by atoms with E-state index in [0.717, 1.165) is 45.6 Å². The van der Waals surface area contributed by atoms with E-state index in [4.69, 9.17) is 10.5 Å². The van der Waals surface area contributed by atoms with Gasteiger partial charge < -0.3 is 10.5 Å². The standard InChI is InChI=1S/C14H22N2O/c15-8-4-10-17-14-7-9-16(12-14)11-13-5-2-1-3-6-13/h1-3,5-6,14H,4,7-12,15H2. The molecule has 0 spiro atoms. The van der Waals surface area contributed by atoms with Gasteiger partial charge in [-0.1, -0.05) is 30.3 Å². The van der Waals surface area contributed by atoms with Gasteiger partial charge in [0.2, 0.25) is 0 Å². The van der Waals surface area contributed by atoms with Crippen LogP contribution in [0.15, 0.2) is 30.3 Å². The molecule has 1 fully saturated rings. The Morgan fingerprint density at radius 3 is 2.88 bits per heavy atom. The molecule has 2 N–H and O–H groups in total. The number of likely N-dealkylation sites (tertiary alicyclic amines) is 1. The van der Waals surface area contributed by atoms with Crippen LogP contribution in [0, 0.1) is 0 Å². The number of benzene rings is 1. The van der Waals surface area contributed by atoms with Crippen LogP contribution in [-0.2, 0) is 11.3 Å². The van der Waals surface area contributed by atoms with Crippen molar-refractivity contribution in [2.24, 2.45) is 5.73 Å². The predicted molar refractivity (Wildman–Crippen MR) is 69.7 cm³/mol. The molecule has 1 aliphatic heterocycles. The Labute approximate surface area is 104 Å². The summed E-state index contributed by atoms with van der Waals surface area (Å²) in [5.41, 5.74) is 6.84. The fraction of sp³-hybridized carbons (Fsp3) is 0.571. The fourth-order valence-electron chi connectivity index (χ4n) is 2.25. The highest BCUT2D eigenvalue weighted by atomic mass is 16.5. The van der Waals surface area contributed by atoms with E-state index in [2.05, 4.69) is 35.2 Å². The minimum absolute atomic E-state index is 0.408. The van der Waals surface area contributed by atoms with Crippen LogP contribution in [0.3, 0.4) is 0 Å². The molecule has 17 heavy (non-hydrogen) atoms. The van der Waals surface area contributed by atoms with Crippen LogP contribution in [0.4, 0.5) is 0 Å². The lowest BCUT2D eigenvalue weighted by Gasteiger charge is -2.16. The van der Waals surface area contributed by atoms with Crippen LogP contribution in [0.2, 0.25) is 0 Å². The summed E-state index contributed by atoms with van der Waals surface area (Å²) in [7, 11) is 0. The second-order valence-corrected chi connectivity index (χ2v) is 4.64. The maximum Gasteiger partial charge on any atom is 0.0714 e. The van der Waals surface area contributed by atoms with Crippen molar-refractivity contribution in [2.75, 3.05) is 26.2 Å². The zero-order chi connectivity index (χ0) is 11.9. The SMILES string of the molecule is NCCCOC1CCN(Cc2ccccc2)C1. The second kappa shape index (κ2) is 6.74. The largest absolute Gasteiger partial charge is 0.377 e. The van der Waals surface area contributed by atoms with Crippen molar-refractivity contribution >= 4 is 0 Å². The average Bonchev–Trinajstić information content (AvgIpc) is 2.79. The van der Waals surface area contributed by atoms with Gasteiger partial charge in [-0.3, -0.25) is 4.90 Å². The lowest BCUT2D eigenvalue weighted by Crippen LogP contribution is -2.23. The minimum atomic E-state index is 0.408. The van der Waals surface area contributed by atoms with Gasteiger partial charge >= 0.3 is 0 Å². The van der Waals surface area contributed by atoms with Crippen LogP contribution in [0.1, 0.15) is 18.4 Å². The van der Waals surface area contributed by atoms with Crippen molar-refractivity contribution in [3.63, 3.8) is 0 Å². The highest BCUT2D eigenvalue weighted by Crippen LogP contribution is 2.15. The van der Waals surface area contributed by atoms with E-state index in [1.54, 1.807) is 0 Å². The molecule has 1 saturated heterocycles. The summed E-state index contributed by atoms with van der Waals surface area (Å²) in [5.74, 6) is 0. The highest BCUT2D eigenvalue weighted by molar-refractivity contribution is 5.14. The molecule has 3 heteroatoms. The van der Waals surface area contributed by atoms with Gasteiger partial charge in [-0.05, 0) is 24.9 Å². The summed E-state index contributed by atoms with van der Waals surface area (Å²) in [6, 6.07) is 10.6. The van der Waals surface area contributed by atoms with Gasteiger partial charge in [-0.25, -0.2) is 0 Å². The first kappa shape index (κ1) is 12.6. The zero-order valence-electron chi connectivity index (χ0n) is 10.3. The molecule has 0 saturated carbocycles. The van der Waals surface area contributed by atoms with Gasteiger partial charge in [-0.15, -0.1) is 0 Å². The highest BCUT2D eigenvalue weighted by Gasteiger charge is 2.22. The maximum atomic E-state index is 5.79. The number of nitrogens with two attached hydrogens (primary N) is 1. The van der Waals surface area contributed by atoms with Gasteiger partial charge in [-0.2, -0.15) is 0 Å². The Balaban J connectivity index is 1.71. The molecule has 0 radical (unpaired) electrons. The average molecular weight is 234 g/mol. The van der Waals surface area contributed by atoms with Crippen molar-refractivity contribution < 1.29 is 4.74 Å². The minimum Gasteiger partial charge on any atom is -0.377 e. The topological polar surface area (TPSA) is 38.5 Å². The smallest absolute Gasteiger partial charge is 0.0714 e. The van der Waals surface area contributed by atoms with Gasteiger partial charge in [0, 0.05) is 26.2 Å². The van der Waals surface area contributed by atoms with Crippen LogP contribution >= 0.6 is 0 Å². The van der Waals surface area contributed by atoms with Crippen LogP contribution in [-0.4, -0.2) is 37.2 Å². The molecule has 94 valence electrons. The lowest BCUT2D eigenvalue weighted by molar-refractivity contribution is 0.0580. The molecular weight excluding hydrogens is 212 g/mol. The van der Waals surface area contributed by atoms with Crippen LogP contribution in [0.25, 0.3) is 0 Å². The van der Waals surface area contributed by atoms with E-state index in [1.165, 1.54) is 5.56 Å². The molecule has 0 bridgehead atoms. The van der Waals surface area contributed by atoms with Gasteiger partial charge in [0.05, 0.1) is 6.10 Å². The number of rotatable bonds is 6. The van der Waals surface area contributed by atoms with Crippen LogP contribution < -0.4 is 5.73 Å². The Morgan fingerprint density at radius 1 is 1.29 bits per heavy atom. The molecule has 1 heterocycles. The molecule has 1 atom stereocenters. The van der Waals surface area contributed by atoms with Gasteiger partial charge in [0.1, 0.15) is 0 Å². The van der Waals surface area contributed by atoms with Crippen molar-refractivity contribution in [1.82, 2.24) is 4.90 Å². The monoisotopic (exact) mass is 234 g/mol. The molecule has 1 unspecified atom stereocenters. The first-order chi connectivity index (χ1) is 8.38. The molecule has 0 aromatic heterocycles. The van der Waals surface area contributed by atoms with Crippen molar-refractivity contribution in [3.05, 3.63) is 35.9 Å². The predicted octanol–water partition coefficient (Wildman–Crippen LogP) is 1.63. The molecule has 3 nitrogen and oxygen atoms in total. The van der Waals surface area contributed by atoms with Gasteiger partial charge in [0.15, 0.2) is 0 Å². The Hall–Kier alpha value is -0.900.